The fourth-order valence-electron chi connectivity index (χ4n) is 3.16. The van der Waals surface area contributed by atoms with Crippen LogP contribution >= 0.6 is 11.3 Å². The lowest BCUT2D eigenvalue weighted by Crippen LogP contribution is -2.51. The predicted molar refractivity (Wildman–Crippen MR) is 97.9 cm³/mol. The van der Waals surface area contributed by atoms with Crippen LogP contribution in [0.25, 0.3) is 10.8 Å². The van der Waals surface area contributed by atoms with Crippen molar-refractivity contribution in [3.63, 3.8) is 0 Å². The molecule has 0 saturated carbocycles. The van der Waals surface area contributed by atoms with E-state index in [1.165, 1.54) is 17.4 Å². The summed E-state index contributed by atoms with van der Waals surface area (Å²) in [6.45, 7) is 0.276. The Morgan fingerprint density at radius 3 is 2.69 bits per heavy atom. The number of fused-ring (bicyclic) bond motifs is 1. The Morgan fingerprint density at radius 1 is 1.12 bits per heavy atom. The van der Waals surface area contributed by atoms with E-state index in [-0.39, 0.29) is 18.5 Å². The molecule has 1 atom stereocenters. The molecule has 0 radical (unpaired) electrons. The largest absolute Gasteiger partial charge is 0.353 e. The summed E-state index contributed by atoms with van der Waals surface area (Å²) < 4.78 is 42.5. The molecule has 5 nitrogen and oxygen atoms in total. The zero-order chi connectivity index (χ0) is 18.3. The Kier molecular flexibility index (Phi) is 4.26. The van der Waals surface area contributed by atoms with Gasteiger partial charge in [0.15, 0.2) is 5.82 Å². The van der Waals surface area contributed by atoms with E-state index >= 15 is 0 Å². The predicted octanol–water partition coefficient (Wildman–Crippen LogP) is 2.90. The minimum absolute atomic E-state index is 0.0862. The standard InChI is InChI=1S/C18H15FN2O3S2/c19-16-13-5-2-1-4-12(13)7-8-15(16)26(23,24)21-10-9-20-18(22)17(21)14-6-3-11-25-14/h1-8,11,17H,9-10H2,(H,20,22). The third-order valence-corrected chi connectivity index (χ3v) is 7.20. The smallest absolute Gasteiger partial charge is 0.247 e. The van der Waals surface area contributed by atoms with E-state index in [0.29, 0.717) is 10.3 Å². The first-order valence-corrected chi connectivity index (χ1v) is 10.3. The quantitative estimate of drug-likeness (QED) is 0.748. The van der Waals surface area contributed by atoms with Crippen LogP contribution in [0.15, 0.2) is 58.8 Å². The topological polar surface area (TPSA) is 66.5 Å². The van der Waals surface area contributed by atoms with E-state index in [2.05, 4.69) is 5.32 Å². The van der Waals surface area contributed by atoms with Crippen molar-refractivity contribution in [1.29, 1.82) is 0 Å². The van der Waals surface area contributed by atoms with Crippen molar-refractivity contribution < 1.29 is 17.6 Å². The van der Waals surface area contributed by atoms with Gasteiger partial charge in [-0.3, -0.25) is 4.79 Å². The lowest BCUT2D eigenvalue weighted by Gasteiger charge is -2.33. The highest BCUT2D eigenvalue weighted by Gasteiger charge is 2.41. The molecule has 1 fully saturated rings. The minimum atomic E-state index is -4.19. The van der Waals surface area contributed by atoms with Crippen molar-refractivity contribution in [2.24, 2.45) is 0 Å². The summed E-state index contributed by atoms with van der Waals surface area (Å²) in [6.07, 6.45) is 0. The lowest BCUT2D eigenvalue weighted by atomic mass is 10.1. The number of nitrogens with zero attached hydrogens (tertiary/aromatic N) is 1. The fraction of sp³-hybridized carbons (Fsp3) is 0.167. The minimum Gasteiger partial charge on any atom is -0.353 e. The Labute approximate surface area is 154 Å². The van der Waals surface area contributed by atoms with Gasteiger partial charge in [0, 0.05) is 23.4 Å². The summed E-state index contributed by atoms with van der Waals surface area (Å²) in [5.74, 6) is -1.19. The lowest BCUT2D eigenvalue weighted by molar-refractivity contribution is -0.126. The number of hydrogen-bond acceptors (Lipinski definition) is 4. The first-order valence-electron chi connectivity index (χ1n) is 8.00. The molecule has 1 amide bonds. The zero-order valence-corrected chi connectivity index (χ0v) is 15.2. The number of nitrogens with one attached hydrogen (secondary N) is 1. The van der Waals surface area contributed by atoms with Gasteiger partial charge in [-0.15, -0.1) is 11.3 Å². The summed E-state index contributed by atoms with van der Waals surface area (Å²) in [6, 6.07) is 12.0. The molecule has 134 valence electrons. The third kappa shape index (κ3) is 2.70. The molecule has 2 aromatic carbocycles. The molecule has 8 heteroatoms. The molecule has 1 saturated heterocycles. The molecule has 4 rings (SSSR count). The van der Waals surface area contributed by atoms with Gasteiger partial charge < -0.3 is 5.32 Å². The molecule has 1 aromatic heterocycles. The number of rotatable bonds is 3. The van der Waals surface area contributed by atoms with Crippen LogP contribution < -0.4 is 5.32 Å². The van der Waals surface area contributed by atoms with Crippen molar-refractivity contribution in [2.45, 2.75) is 10.9 Å². The van der Waals surface area contributed by atoms with Crippen molar-refractivity contribution in [3.05, 3.63) is 64.6 Å². The van der Waals surface area contributed by atoms with Crippen molar-refractivity contribution in [1.82, 2.24) is 9.62 Å². The highest BCUT2D eigenvalue weighted by atomic mass is 32.2. The third-order valence-electron chi connectivity index (χ3n) is 4.39. The average Bonchev–Trinajstić information content (AvgIpc) is 3.16. The van der Waals surface area contributed by atoms with Gasteiger partial charge in [0.25, 0.3) is 0 Å². The second kappa shape index (κ2) is 6.46. The number of benzene rings is 2. The Hall–Kier alpha value is -2.29. The maximum absolute atomic E-state index is 15.0. The van der Waals surface area contributed by atoms with Crippen LogP contribution in [0.4, 0.5) is 4.39 Å². The Morgan fingerprint density at radius 2 is 1.92 bits per heavy atom. The molecular formula is C18H15FN2O3S2. The molecule has 1 aliphatic heterocycles. The van der Waals surface area contributed by atoms with E-state index in [0.717, 1.165) is 4.31 Å². The molecule has 0 aliphatic carbocycles. The van der Waals surface area contributed by atoms with Gasteiger partial charge in [-0.1, -0.05) is 36.4 Å². The zero-order valence-electron chi connectivity index (χ0n) is 13.6. The van der Waals surface area contributed by atoms with Gasteiger partial charge in [0.05, 0.1) is 0 Å². The number of hydrogen-bond donors (Lipinski definition) is 1. The van der Waals surface area contributed by atoms with Gasteiger partial charge in [-0.2, -0.15) is 4.31 Å². The molecule has 2 heterocycles. The van der Waals surface area contributed by atoms with E-state index in [9.17, 15) is 17.6 Å². The van der Waals surface area contributed by atoms with Crippen molar-refractivity contribution >= 4 is 38.0 Å². The number of carbonyl (C=O) groups excluding carboxylic acids is 1. The number of halogens is 1. The molecule has 1 N–H and O–H groups in total. The Balaban J connectivity index is 1.85. The van der Waals surface area contributed by atoms with Gasteiger partial charge >= 0.3 is 0 Å². The van der Waals surface area contributed by atoms with Crippen LogP contribution in [0, 0.1) is 5.82 Å². The van der Waals surface area contributed by atoms with E-state index in [1.807, 2.05) is 0 Å². The van der Waals surface area contributed by atoms with Gasteiger partial charge in [-0.25, -0.2) is 12.8 Å². The van der Waals surface area contributed by atoms with Crippen LogP contribution in [0.1, 0.15) is 10.9 Å². The molecule has 0 spiro atoms. The highest BCUT2D eigenvalue weighted by Crippen LogP contribution is 2.34. The summed E-state index contributed by atoms with van der Waals surface area (Å²) >= 11 is 1.29. The second-order valence-electron chi connectivity index (χ2n) is 5.92. The summed E-state index contributed by atoms with van der Waals surface area (Å²) in [4.78, 5) is 12.6. The van der Waals surface area contributed by atoms with Crippen LogP contribution in [-0.2, 0) is 14.8 Å². The van der Waals surface area contributed by atoms with E-state index in [4.69, 9.17) is 0 Å². The summed E-state index contributed by atoms with van der Waals surface area (Å²) in [5, 5.41) is 5.32. The van der Waals surface area contributed by atoms with E-state index < -0.39 is 32.7 Å². The first-order chi connectivity index (χ1) is 12.5. The van der Waals surface area contributed by atoms with Crippen molar-refractivity contribution in [2.75, 3.05) is 13.1 Å². The highest BCUT2D eigenvalue weighted by molar-refractivity contribution is 7.89. The average molecular weight is 390 g/mol. The maximum atomic E-state index is 15.0. The van der Waals surface area contributed by atoms with Crippen LogP contribution in [0.5, 0.6) is 0 Å². The molecule has 26 heavy (non-hydrogen) atoms. The van der Waals surface area contributed by atoms with Gasteiger partial charge in [-0.05, 0) is 22.9 Å². The summed E-state index contributed by atoms with van der Waals surface area (Å²) in [7, 11) is -4.19. The fourth-order valence-corrected chi connectivity index (χ4v) is 5.71. The van der Waals surface area contributed by atoms with Crippen LogP contribution in [0.3, 0.4) is 0 Å². The van der Waals surface area contributed by atoms with Gasteiger partial charge in [0.1, 0.15) is 10.9 Å². The normalized spacial score (nSPS) is 18.8. The molecular weight excluding hydrogens is 375 g/mol. The molecule has 1 unspecified atom stereocenters. The second-order valence-corrected chi connectivity index (χ2v) is 8.76. The monoisotopic (exact) mass is 390 g/mol. The van der Waals surface area contributed by atoms with Crippen molar-refractivity contribution in [3.8, 4) is 0 Å². The number of carbonyl (C=O) groups is 1. The number of thiophene rings is 1. The first kappa shape index (κ1) is 17.1. The number of piperazine rings is 1. The van der Waals surface area contributed by atoms with Gasteiger partial charge in [0.2, 0.25) is 15.9 Å². The van der Waals surface area contributed by atoms with Crippen LogP contribution in [0.2, 0.25) is 0 Å². The molecule has 1 aliphatic rings. The summed E-state index contributed by atoms with van der Waals surface area (Å²) in [5.41, 5.74) is 0. The maximum Gasteiger partial charge on any atom is 0.247 e. The number of amides is 1. The Bertz CT molecular complexity index is 1080. The molecule has 0 bridgehead atoms. The van der Waals surface area contributed by atoms with E-state index in [1.54, 1.807) is 47.8 Å². The molecule has 3 aromatic rings. The SMILES string of the molecule is O=C1NCCN(S(=O)(=O)c2ccc3ccccc3c2F)C1c1cccs1. The number of sulfonamides is 1. The van der Waals surface area contributed by atoms with Crippen LogP contribution in [-0.4, -0.2) is 31.7 Å².